The second-order valence-electron chi connectivity index (χ2n) is 6.38. The van der Waals surface area contributed by atoms with E-state index in [4.69, 9.17) is 0 Å². The molecule has 1 N–H and O–H groups in total. The molecule has 21 heavy (non-hydrogen) atoms. The van der Waals surface area contributed by atoms with Gasteiger partial charge in [0.1, 0.15) is 12.0 Å². The van der Waals surface area contributed by atoms with Crippen LogP contribution in [-0.4, -0.2) is 22.9 Å². The normalized spacial score (nSPS) is 28.3. The summed E-state index contributed by atoms with van der Waals surface area (Å²) in [5.41, 5.74) is 0.831. The van der Waals surface area contributed by atoms with Gasteiger partial charge in [-0.3, -0.25) is 10.1 Å². The lowest BCUT2D eigenvalue weighted by Crippen LogP contribution is -2.42. The molecule has 1 saturated heterocycles. The van der Waals surface area contributed by atoms with Crippen LogP contribution in [0.15, 0.2) is 24.3 Å². The van der Waals surface area contributed by atoms with Crippen LogP contribution in [0.3, 0.4) is 0 Å². The minimum atomic E-state index is -0.255. The van der Waals surface area contributed by atoms with E-state index in [1.165, 1.54) is 37.8 Å². The second-order valence-corrected chi connectivity index (χ2v) is 6.38. The van der Waals surface area contributed by atoms with Crippen molar-refractivity contribution in [3.63, 3.8) is 0 Å². The zero-order chi connectivity index (χ0) is 15.0. The first kappa shape index (κ1) is 14.5. The van der Waals surface area contributed by atoms with Crippen LogP contribution >= 0.6 is 0 Å². The van der Waals surface area contributed by atoms with Gasteiger partial charge in [0, 0.05) is 6.04 Å². The Balaban J connectivity index is 1.88. The highest BCUT2D eigenvalue weighted by molar-refractivity contribution is 5.84. The Morgan fingerprint density at radius 1 is 1.33 bits per heavy atom. The molecule has 4 heteroatoms. The van der Waals surface area contributed by atoms with Crippen LogP contribution in [0.2, 0.25) is 0 Å². The van der Waals surface area contributed by atoms with Crippen LogP contribution in [-0.2, 0) is 4.79 Å². The molecule has 3 nitrogen and oxygen atoms in total. The SMILES string of the molecule is CC1NC(c2cccc(F)c2)N(C(C)C2CCCC2)C1=O. The Hall–Kier alpha value is -1.42. The van der Waals surface area contributed by atoms with Crippen molar-refractivity contribution >= 4 is 5.91 Å². The number of carbonyl (C=O) groups excluding carboxylic acids is 1. The lowest BCUT2D eigenvalue weighted by Gasteiger charge is -2.34. The number of amides is 1. The summed E-state index contributed by atoms with van der Waals surface area (Å²) in [6.07, 6.45) is 4.68. The average Bonchev–Trinajstić information content (AvgIpc) is 3.08. The quantitative estimate of drug-likeness (QED) is 0.927. The molecule has 1 amide bonds. The number of hydrogen-bond acceptors (Lipinski definition) is 2. The van der Waals surface area contributed by atoms with Gasteiger partial charge in [0.2, 0.25) is 5.91 Å². The third-order valence-corrected chi connectivity index (χ3v) is 5.00. The van der Waals surface area contributed by atoms with E-state index in [2.05, 4.69) is 12.2 Å². The first-order valence-corrected chi connectivity index (χ1v) is 7.91. The summed E-state index contributed by atoms with van der Waals surface area (Å²) in [6.45, 7) is 4.02. The van der Waals surface area contributed by atoms with Crippen molar-refractivity contribution in [3.8, 4) is 0 Å². The highest BCUT2D eigenvalue weighted by atomic mass is 19.1. The summed E-state index contributed by atoms with van der Waals surface area (Å²) in [4.78, 5) is 14.5. The smallest absolute Gasteiger partial charge is 0.241 e. The Bertz CT molecular complexity index is 527. The first-order chi connectivity index (χ1) is 10.1. The zero-order valence-corrected chi connectivity index (χ0v) is 12.7. The number of nitrogens with one attached hydrogen (secondary N) is 1. The molecule has 1 aromatic rings. The number of benzene rings is 1. The molecule has 1 heterocycles. The highest BCUT2D eigenvalue weighted by Crippen LogP contribution is 2.36. The summed E-state index contributed by atoms with van der Waals surface area (Å²) in [7, 11) is 0. The third-order valence-electron chi connectivity index (χ3n) is 5.00. The van der Waals surface area contributed by atoms with E-state index in [1.54, 1.807) is 6.07 Å². The molecule has 1 aromatic carbocycles. The fourth-order valence-electron chi connectivity index (χ4n) is 3.78. The Morgan fingerprint density at radius 2 is 2.05 bits per heavy atom. The predicted octanol–water partition coefficient (Wildman–Crippen LogP) is 3.22. The lowest BCUT2D eigenvalue weighted by molar-refractivity contribution is -0.132. The number of carbonyl (C=O) groups is 1. The molecule has 3 rings (SSSR count). The van der Waals surface area contributed by atoms with E-state index in [9.17, 15) is 9.18 Å². The molecule has 1 aliphatic heterocycles. The molecule has 3 unspecified atom stereocenters. The van der Waals surface area contributed by atoms with Crippen molar-refractivity contribution in [1.82, 2.24) is 10.2 Å². The van der Waals surface area contributed by atoms with Crippen molar-refractivity contribution in [1.29, 1.82) is 0 Å². The Labute approximate surface area is 125 Å². The average molecular weight is 290 g/mol. The van der Waals surface area contributed by atoms with Gasteiger partial charge in [-0.2, -0.15) is 0 Å². The number of nitrogens with zero attached hydrogens (tertiary/aromatic N) is 1. The van der Waals surface area contributed by atoms with E-state index in [0.717, 1.165) is 5.56 Å². The van der Waals surface area contributed by atoms with Gasteiger partial charge in [-0.25, -0.2) is 4.39 Å². The van der Waals surface area contributed by atoms with E-state index >= 15 is 0 Å². The molecule has 3 atom stereocenters. The van der Waals surface area contributed by atoms with E-state index in [0.29, 0.717) is 5.92 Å². The van der Waals surface area contributed by atoms with Gasteiger partial charge in [-0.1, -0.05) is 25.0 Å². The molecular formula is C17H23FN2O. The van der Waals surface area contributed by atoms with E-state index in [1.807, 2.05) is 17.9 Å². The summed E-state index contributed by atoms with van der Waals surface area (Å²) in [5.74, 6) is 0.440. The van der Waals surface area contributed by atoms with Crippen molar-refractivity contribution < 1.29 is 9.18 Å². The molecule has 2 fully saturated rings. The molecule has 0 aromatic heterocycles. The van der Waals surface area contributed by atoms with Crippen LogP contribution in [0.1, 0.15) is 51.3 Å². The van der Waals surface area contributed by atoms with Crippen LogP contribution in [0.4, 0.5) is 4.39 Å². The van der Waals surface area contributed by atoms with Gasteiger partial charge in [0.25, 0.3) is 0 Å². The van der Waals surface area contributed by atoms with Gasteiger partial charge >= 0.3 is 0 Å². The van der Waals surface area contributed by atoms with Crippen molar-refractivity contribution in [2.24, 2.45) is 5.92 Å². The van der Waals surface area contributed by atoms with Crippen molar-refractivity contribution in [3.05, 3.63) is 35.6 Å². The van der Waals surface area contributed by atoms with Gasteiger partial charge in [-0.05, 0) is 50.3 Å². The maximum atomic E-state index is 13.5. The van der Waals surface area contributed by atoms with Crippen LogP contribution < -0.4 is 5.32 Å². The van der Waals surface area contributed by atoms with Crippen LogP contribution in [0, 0.1) is 11.7 Å². The van der Waals surface area contributed by atoms with Crippen LogP contribution in [0.5, 0.6) is 0 Å². The van der Waals surface area contributed by atoms with Crippen molar-refractivity contribution in [2.45, 2.75) is 57.8 Å². The summed E-state index contributed by atoms with van der Waals surface area (Å²) < 4.78 is 13.5. The predicted molar refractivity (Wildman–Crippen MR) is 80.0 cm³/mol. The maximum absolute atomic E-state index is 13.5. The van der Waals surface area contributed by atoms with Gasteiger partial charge < -0.3 is 4.90 Å². The second kappa shape index (κ2) is 5.76. The van der Waals surface area contributed by atoms with Crippen molar-refractivity contribution in [2.75, 3.05) is 0 Å². The number of halogens is 1. The van der Waals surface area contributed by atoms with Gasteiger partial charge in [-0.15, -0.1) is 0 Å². The zero-order valence-electron chi connectivity index (χ0n) is 12.7. The summed E-state index contributed by atoms with van der Waals surface area (Å²) in [5, 5.41) is 3.31. The number of rotatable bonds is 3. The molecule has 0 spiro atoms. The fourth-order valence-corrected chi connectivity index (χ4v) is 3.78. The largest absolute Gasteiger partial charge is 0.319 e. The molecule has 0 radical (unpaired) electrons. The Kier molecular flexibility index (Phi) is 3.98. The fraction of sp³-hybridized carbons (Fsp3) is 0.588. The molecular weight excluding hydrogens is 267 g/mol. The van der Waals surface area contributed by atoms with E-state index in [-0.39, 0.29) is 30.0 Å². The molecule has 1 saturated carbocycles. The molecule has 2 aliphatic rings. The summed E-state index contributed by atoms with van der Waals surface area (Å²) in [6, 6.07) is 6.55. The van der Waals surface area contributed by atoms with Gasteiger partial charge in [0.05, 0.1) is 6.04 Å². The lowest BCUT2D eigenvalue weighted by atomic mass is 9.97. The van der Waals surface area contributed by atoms with Crippen LogP contribution in [0.25, 0.3) is 0 Å². The highest BCUT2D eigenvalue weighted by Gasteiger charge is 2.42. The Morgan fingerprint density at radius 3 is 2.71 bits per heavy atom. The number of hydrogen-bond donors (Lipinski definition) is 1. The minimum Gasteiger partial charge on any atom is -0.319 e. The monoisotopic (exact) mass is 290 g/mol. The molecule has 1 aliphatic carbocycles. The third kappa shape index (κ3) is 2.69. The first-order valence-electron chi connectivity index (χ1n) is 7.91. The standard InChI is InChI=1S/C17H23FN2O/c1-11-17(21)20(12(2)13-6-3-4-7-13)16(19-11)14-8-5-9-15(18)10-14/h5,8-13,16,19H,3-4,6-7H2,1-2H3. The topological polar surface area (TPSA) is 32.3 Å². The summed E-state index contributed by atoms with van der Waals surface area (Å²) >= 11 is 0. The van der Waals surface area contributed by atoms with Gasteiger partial charge in [0.15, 0.2) is 0 Å². The minimum absolute atomic E-state index is 0.128. The van der Waals surface area contributed by atoms with E-state index < -0.39 is 0 Å². The molecule has 0 bridgehead atoms. The molecule has 114 valence electrons. The maximum Gasteiger partial charge on any atom is 0.241 e.